The molecule has 0 aromatic heterocycles. The molecule has 0 unspecified atom stereocenters. The molecule has 3 fully saturated rings. The van der Waals surface area contributed by atoms with E-state index in [9.17, 15) is 4.79 Å². The minimum atomic E-state index is -0.368. The molecule has 0 aromatic rings. The lowest BCUT2D eigenvalue weighted by molar-refractivity contribution is -0.124. The third-order valence-corrected chi connectivity index (χ3v) is 5.09. The average Bonchev–Trinajstić information content (AvgIpc) is 3.20. The molecule has 2 N–H and O–H groups in total. The van der Waals surface area contributed by atoms with E-state index in [1.807, 2.05) is 0 Å². The van der Waals surface area contributed by atoms with Gasteiger partial charge in [-0.25, -0.2) is 4.99 Å². The topological polar surface area (TPSA) is 53.5 Å². The van der Waals surface area contributed by atoms with E-state index in [1.165, 1.54) is 57.8 Å². The molecular weight excluding hydrogens is 262 g/mol. The molecule has 4 heteroatoms. The molecule has 1 saturated heterocycles. The molecule has 0 radical (unpaired) electrons. The van der Waals surface area contributed by atoms with Crippen LogP contribution in [-0.4, -0.2) is 23.4 Å². The van der Waals surface area contributed by atoms with Gasteiger partial charge >= 0.3 is 0 Å². The smallest absolute Gasteiger partial charge is 0.252 e. The number of carbonyl (C=O) groups is 1. The van der Waals surface area contributed by atoms with E-state index >= 15 is 0 Å². The van der Waals surface area contributed by atoms with Crippen molar-refractivity contribution < 1.29 is 4.79 Å². The number of amides is 1. The Labute approximate surface area is 128 Å². The molecule has 4 nitrogen and oxygen atoms in total. The summed E-state index contributed by atoms with van der Waals surface area (Å²) in [6, 6.07) is 0.453. The SMILES string of the molecule is O=C1NC(=NC2CC2)NC12CCCCCCCCCCC2. The van der Waals surface area contributed by atoms with Crippen molar-refractivity contribution in [2.45, 2.75) is 95.1 Å². The summed E-state index contributed by atoms with van der Waals surface area (Å²) in [6.45, 7) is 0. The Morgan fingerprint density at radius 1 is 0.857 bits per heavy atom. The van der Waals surface area contributed by atoms with Crippen molar-refractivity contribution in [3.63, 3.8) is 0 Å². The molecule has 3 rings (SSSR count). The van der Waals surface area contributed by atoms with Crippen LogP contribution >= 0.6 is 0 Å². The highest BCUT2D eigenvalue weighted by Gasteiger charge is 2.44. The van der Waals surface area contributed by atoms with Crippen LogP contribution in [0.2, 0.25) is 0 Å². The molecule has 1 heterocycles. The first kappa shape index (κ1) is 14.9. The summed E-state index contributed by atoms with van der Waals surface area (Å²) < 4.78 is 0. The fraction of sp³-hybridized carbons (Fsp3) is 0.882. The van der Waals surface area contributed by atoms with Gasteiger partial charge < -0.3 is 5.32 Å². The van der Waals surface area contributed by atoms with Crippen molar-refractivity contribution in [2.24, 2.45) is 4.99 Å². The molecule has 21 heavy (non-hydrogen) atoms. The van der Waals surface area contributed by atoms with Crippen molar-refractivity contribution in [3.8, 4) is 0 Å². The van der Waals surface area contributed by atoms with Crippen molar-refractivity contribution >= 4 is 11.9 Å². The van der Waals surface area contributed by atoms with Crippen LogP contribution in [0.1, 0.15) is 83.5 Å². The van der Waals surface area contributed by atoms with E-state index in [0.717, 1.165) is 31.6 Å². The maximum Gasteiger partial charge on any atom is 0.252 e. The van der Waals surface area contributed by atoms with Gasteiger partial charge in [-0.3, -0.25) is 10.1 Å². The van der Waals surface area contributed by atoms with Crippen LogP contribution in [0, 0.1) is 0 Å². The second-order valence-electron chi connectivity index (χ2n) is 7.05. The number of rotatable bonds is 1. The van der Waals surface area contributed by atoms with E-state index in [0.29, 0.717) is 6.04 Å². The standard InChI is InChI=1S/C17H29N3O/c21-15-17(20-16(19-15)18-14-10-11-14)12-8-6-4-2-1-3-5-7-9-13-17/h14H,1-13H2,(H2,18,19,20,21). The Morgan fingerprint density at radius 2 is 1.38 bits per heavy atom. The summed E-state index contributed by atoms with van der Waals surface area (Å²) in [7, 11) is 0. The second-order valence-corrected chi connectivity index (χ2v) is 7.05. The molecule has 1 aliphatic heterocycles. The summed E-state index contributed by atoms with van der Waals surface area (Å²) in [6.07, 6.45) is 15.8. The second kappa shape index (κ2) is 6.80. The van der Waals surface area contributed by atoms with Crippen LogP contribution < -0.4 is 10.6 Å². The maximum atomic E-state index is 12.5. The monoisotopic (exact) mass is 291 g/mol. The van der Waals surface area contributed by atoms with E-state index in [-0.39, 0.29) is 11.4 Å². The zero-order chi connectivity index (χ0) is 14.5. The summed E-state index contributed by atoms with van der Waals surface area (Å²) in [5.41, 5.74) is -0.368. The fourth-order valence-corrected chi connectivity index (χ4v) is 3.56. The summed E-state index contributed by atoms with van der Waals surface area (Å²) in [5.74, 6) is 0.911. The summed E-state index contributed by atoms with van der Waals surface area (Å²) >= 11 is 0. The molecule has 0 atom stereocenters. The lowest BCUT2D eigenvalue weighted by Gasteiger charge is -2.27. The van der Waals surface area contributed by atoms with Gasteiger partial charge in [-0.05, 0) is 25.7 Å². The highest BCUT2D eigenvalue weighted by atomic mass is 16.2. The average molecular weight is 291 g/mol. The van der Waals surface area contributed by atoms with Gasteiger partial charge in [-0.15, -0.1) is 0 Å². The number of nitrogens with one attached hydrogen (secondary N) is 2. The highest BCUT2D eigenvalue weighted by molar-refractivity contribution is 6.09. The first-order valence-electron chi connectivity index (χ1n) is 8.96. The third kappa shape index (κ3) is 3.98. The van der Waals surface area contributed by atoms with Gasteiger partial charge in [0.05, 0.1) is 6.04 Å². The predicted molar refractivity (Wildman–Crippen MR) is 85.3 cm³/mol. The first-order valence-corrected chi connectivity index (χ1v) is 8.96. The molecule has 2 aliphatic carbocycles. The van der Waals surface area contributed by atoms with Gasteiger partial charge in [0.2, 0.25) is 0 Å². The normalized spacial score (nSPS) is 29.5. The Bertz CT molecular complexity index is 389. The van der Waals surface area contributed by atoms with Gasteiger partial charge in [0.1, 0.15) is 5.54 Å². The highest BCUT2D eigenvalue weighted by Crippen LogP contribution is 2.29. The zero-order valence-corrected chi connectivity index (χ0v) is 13.1. The van der Waals surface area contributed by atoms with Gasteiger partial charge in [-0.2, -0.15) is 0 Å². The Kier molecular flexibility index (Phi) is 4.81. The molecule has 2 saturated carbocycles. The van der Waals surface area contributed by atoms with Crippen LogP contribution in [0.4, 0.5) is 0 Å². The van der Waals surface area contributed by atoms with Crippen molar-refractivity contribution in [2.75, 3.05) is 0 Å². The first-order chi connectivity index (χ1) is 10.3. The van der Waals surface area contributed by atoms with E-state index < -0.39 is 0 Å². The van der Waals surface area contributed by atoms with Gasteiger partial charge in [0.25, 0.3) is 5.91 Å². The number of hydrogen-bond donors (Lipinski definition) is 2. The maximum absolute atomic E-state index is 12.5. The summed E-state index contributed by atoms with van der Waals surface area (Å²) in [4.78, 5) is 17.1. The Balaban J connectivity index is 1.64. The van der Waals surface area contributed by atoms with Crippen molar-refractivity contribution in [3.05, 3.63) is 0 Å². The predicted octanol–water partition coefficient (Wildman–Crippen LogP) is 3.27. The minimum absolute atomic E-state index is 0.166. The third-order valence-electron chi connectivity index (χ3n) is 5.09. The lowest BCUT2D eigenvalue weighted by atomic mass is 9.86. The van der Waals surface area contributed by atoms with E-state index in [4.69, 9.17) is 0 Å². The quantitative estimate of drug-likeness (QED) is 0.779. The van der Waals surface area contributed by atoms with Gasteiger partial charge in [0.15, 0.2) is 5.96 Å². The van der Waals surface area contributed by atoms with E-state index in [1.54, 1.807) is 0 Å². The van der Waals surface area contributed by atoms with Crippen LogP contribution in [-0.2, 0) is 4.79 Å². The van der Waals surface area contributed by atoms with Gasteiger partial charge in [0, 0.05) is 0 Å². The fourth-order valence-electron chi connectivity index (χ4n) is 3.56. The van der Waals surface area contributed by atoms with Crippen LogP contribution in [0.15, 0.2) is 4.99 Å². The van der Waals surface area contributed by atoms with Crippen LogP contribution in [0.5, 0.6) is 0 Å². The lowest BCUT2D eigenvalue weighted by Crippen LogP contribution is -2.47. The van der Waals surface area contributed by atoms with E-state index in [2.05, 4.69) is 15.6 Å². The Hall–Kier alpha value is -1.06. The van der Waals surface area contributed by atoms with Crippen molar-refractivity contribution in [1.29, 1.82) is 0 Å². The number of hydrogen-bond acceptors (Lipinski definition) is 2. The largest absolute Gasteiger partial charge is 0.342 e. The molecule has 1 amide bonds. The molecule has 0 aromatic carbocycles. The molecule has 1 spiro atoms. The molecule has 118 valence electrons. The van der Waals surface area contributed by atoms with Crippen molar-refractivity contribution in [1.82, 2.24) is 10.6 Å². The minimum Gasteiger partial charge on any atom is -0.342 e. The van der Waals surface area contributed by atoms with Gasteiger partial charge in [-0.1, -0.05) is 57.8 Å². The summed E-state index contributed by atoms with van der Waals surface area (Å²) in [5, 5.41) is 6.47. The van der Waals surface area contributed by atoms with Crippen LogP contribution in [0.3, 0.4) is 0 Å². The number of nitrogens with zero attached hydrogens (tertiary/aromatic N) is 1. The number of carbonyl (C=O) groups excluding carboxylic acids is 1. The Morgan fingerprint density at radius 3 is 1.90 bits per heavy atom. The molecular formula is C17H29N3O. The molecule has 3 aliphatic rings. The zero-order valence-electron chi connectivity index (χ0n) is 13.1. The van der Waals surface area contributed by atoms with Crippen LogP contribution in [0.25, 0.3) is 0 Å². The number of aliphatic imine (C=N–C) groups is 1. The number of guanidine groups is 1. The molecule has 0 bridgehead atoms.